The molecule has 2 rings (SSSR count). The molecular formula is C12H26N2O8. The topological polar surface area (TPSA) is 186 Å². The van der Waals surface area contributed by atoms with Crippen molar-refractivity contribution in [3.8, 4) is 0 Å². The predicted molar refractivity (Wildman–Crippen MR) is 73.8 cm³/mol. The SMILES string of the molecule is OC[C@H]1NC[C@@H](O)[C@@H](O)[C@@H]1O.OC[C@H]1NC[C@@H](O)[C@@H](O)[C@@H]1O. The molecule has 10 N–H and O–H groups in total. The van der Waals surface area contributed by atoms with Crippen molar-refractivity contribution in [2.45, 2.75) is 48.7 Å². The van der Waals surface area contributed by atoms with E-state index in [0.29, 0.717) is 0 Å². The minimum atomic E-state index is -1.16. The van der Waals surface area contributed by atoms with Crippen molar-refractivity contribution in [3.05, 3.63) is 0 Å². The zero-order chi connectivity index (χ0) is 16.9. The molecule has 0 bridgehead atoms. The van der Waals surface area contributed by atoms with Crippen molar-refractivity contribution in [3.63, 3.8) is 0 Å². The van der Waals surface area contributed by atoms with Crippen LogP contribution < -0.4 is 10.6 Å². The first-order valence-electron chi connectivity index (χ1n) is 7.10. The van der Waals surface area contributed by atoms with Gasteiger partial charge in [0.05, 0.1) is 49.7 Å². The standard InChI is InChI=1S/2C6H13NO4/c2*8-2-3-5(10)6(11)4(9)1-7-3/h2*3-11H,1-2H2/t2*3-,4-,5-,6-/m11/s1. The van der Waals surface area contributed by atoms with Gasteiger partial charge in [-0.05, 0) is 0 Å². The zero-order valence-electron chi connectivity index (χ0n) is 12.0. The quantitative estimate of drug-likeness (QED) is 0.234. The van der Waals surface area contributed by atoms with Crippen molar-refractivity contribution in [1.29, 1.82) is 0 Å². The van der Waals surface area contributed by atoms with E-state index in [1.165, 1.54) is 0 Å². The molecule has 132 valence electrons. The summed E-state index contributed by atoms with van der Waals surface area (Å²) >= 11 is 0. The van der Waals surface area contributed by atoms with Crippen LogP contribution >= 0.6 is 0 Å². The van der Waals surface area contributed by atoms with Gasteiger partial charge in [0, 0.05) is 13.1 Å². The lowest BCUT2D eigenvalue weighted by Crippen LogP contribution is -2.60. The maximum atomic E-state index is 9.18. The molecule has 2 heterocycles. The van der Waals surface area contributed by atoms with E-state index in [4.69, 9.17) is 30.6 Å². The van der Waals surface area contributed by atoms with Crippen LogP contribution in [0, 0.1) is 0 Å². The van der Waals surface area contributed by atoms with Crippen LogP contribution in [0.2, 0.25) is 0 Å². The van der Waals surface area contributed by atoms with Gasteiger partial charge in [0.1, 0.15) is 12.2 Å². The number of piperidine rings is 2. The maximum Gasteiger partial charge on any atom is 0.109 e. The highest BCUT2D eigenvalue weighted by atomic mass is 16.4. The Morgan fingerprint density at radius 3 is 1.18 bits per heavy atom. The van der Waals surface area contributed by atoms with E-state index in [9.17, 15) is 10.2 Å². The average molecular weight is 326 g/mol. The Hall–Kier alpha value is -0.400. The van der Waals surface area contributed by atoms with Crippen molar-refractivity contribution in [1.82, 2.24) is 10.6 Å². The van der Waals surface area contributed by atoms with Gasteiger partial charge in [-0.25, -0.2) is 0 Å². The monoisotopic (exact) mass is 326 g/mol. The number of β-amino-alcohol motifs (C(OH)–C–C–N with tert-alkyl or cyclic N) is 2. The molecule has 10 nitrogen and oxygen atoms in total. The lowest BCUT2D eigenvalue weighted by molar-refractivity contribution is -0.101. The summed E-state index contributed by atoms with van der Waals surface area (Å²) in [6.45, 7) is -0.0944. The average Bonchev–Trinajstić information content (AvgIpc) is 2.51. The molecule has 8 atom stereocenters. The molecule has 0 aromatic carbocycles. The van der Waals surface area contributed by atoms with E-state index in [-0.39, 0.29) is 26.3 Å². The third kappa shape index (κ3) is 4.80. The molecule has 2 aliphatic heterocycles. The molecule has 0 spiro atoms. The first-order valence-corrected chi connectivity index (χ1v) is 7.10. The first-order chi connectivity index (χ1) is 10.3. The van der Waals surface area contributed by atoms with E-state index in [2.05, 4.69) is 10.6 Å². The number of aliphatic hydroxyl groups is 8. The van der Waals surface area contributed by atoms with Gasteiger partial charge >= 0.3 is 0 Å². The summed E-state index contributed by atoms with van der Waals surface area (Å²) in [4.78, 5) is 0. The van der Waals surface area contributed by atoms with Crippen LogP contribution in [0.3, 0.4) is 0 Å². The highest BCUT2D eigenvalue weighted by Gasteiger charge is 2.36. The van der Waals surface area contributed by atoms with Crippen molar-refractivity contribution >= 4 is 0 Å². The van der Waals surface area contributed by atoms with Crippen molar-refractivity contribution in [2.24, 2.45) is 0 Å². The Labute approximate surface area is 127 Å². The molecule has 2 aliphatic rings. The smallest absolute Gasteiger partial charge is 0.109 e. The van der Waals surface area contributed by atoms with Gasteiger partial charge in [-0.2, -0.15) is 0 Å². The van der Waals surface area contributed by atoms with Crippen molar-refractivity contribution < 1.29 is 40.9 Å². The predicted octanol–water partition coefficient (Wildman–Crippen LogP) is -5.93. The summed E-state index contributed by atoms with van der Waals surface area (Å²) in [5, 5.41) is 77.2. The second kappa shape index (κ2) is 9.03. The van der Waals surface area contributed by atoms with Gasteiger partial charge < -0.3 is 51.5 Å². The van der Waals surface area contributed by atoms with E-state index in [0.717, 1.165) is 0 Å². The highest BCUT2D eigenvalue weighted by Crippen LogP contribution is 2.10. The molecule has 0 radical (unpaired) electrons. The molecular weight excluding hydrogens is 300 g/mol. The van der Waals surface area contributed by atoms with Crippen LogP contribution in [0.15, 0.2) is 0 Å². The van der Waals surface area contributed by atoms with Crippen molar-refractivity contribution in [2.75, 3.05) is 26.3 Å². The fourth-order valence-corrected chi connectivity index (χ4v) is 2.30. The molecule has 0 saturated carbocycles. The zero-order valence-corrected chi connectivity index (χ0v) is 12.0. The normalized spacial score (nSPS) is 45.8. The van der Waals surface area contributed by atoms with E-state index in [1.807, 2.05) is 0 Å². The molecule has 0 aromatic heterocycles. The number of aliphatic hydroxyl groups excluding tert-OH is 8. The van der Waals surface area contributed by atoms with Crippen LogP contribution in [0.4, 0.5) is 0 Å². The first kappa shape index (κ1) is 19.6. The largest absolute Gasteiger partial charge is 0.395 e. The fourth-order valence-electron chi connectivity index (χ4n) is 2.30. The second-order valence-electron chi connectivity index (χ2n) is 5.49. The number of rotatable bonds is 2. The van der Waals surface area contributed by atoms with Crippen LogP contribution in [0.25, 0.3) is 0 Å². The van der Waals surface area contributed by atoms with Gasteiger partial charge in [-0.1, -0.05) is 0 Å². The summed E-state index contributed by atoms with van der Waals surface area (Å²) in [5.41, 5.74) is 0. The Balaban J connectivity index is 0.000000220. The van der Waals surface area contributed by atoms with Gasteiger partial charge in [0.25, 0.3) is 0 Å². The Morgan fingerprint density at radius 1 is 0.591 bits per heavy atom. The van der Waals surface area contributed by atoms with Crippen LogP contribution in [0.1, 0.15) is 0 Å². The van der Waals surface area contributed by atoms with E-state index < -0.39 is 48.7 Å². The van der Waals surface area contributed by atoms with E-state index in [1.54, 1.807) is 0 Å². The molecule has 2 saturated heterocycles. The second-order valence-corrected chi connectivity index (χ2v) is 5.49. The minimum Gasteiger partial charge on any atom is -0.395 e. The lowest BCUT2D eigenvalue weighted by atomic mass is 9.97. The van der Waals surface area contributed by atoms with Crippen LogP contribution in [-0.2, 0) is 0 Å². The maximum absolute atomic E-state index is 9.18. The highest BCUT2D eigenvalue weighted by molar-refractivity contribution is 4.92. The number of hydrogen-bond acceptors (Lipinski definition) is 10. The molecule has 10 heteroatoms. The van der Waals surface area contributed by atoms with Gasteiger partial charge in [0.2, 0.25) is 0 Å². The molecule has 0 amide bonds. The summed E-state index contributed by atoms with van der Waals surface area (Å²) in [5.74, 6) is 0. The van der Waals surface area contributed by atoms with Crippen LogP contribution in [0.5, 0.6) is 0 Å². The number of hydrogen-bond donors (Lipinski definition) is 10. The fraction of sp³-hybridized carbons (Fsp3) is 1.00. The molecule has 2 fully saturated rings. The van der Waals surface area contributed by atoms with E-state index >= 15 is 0 Å². The Kier molecular flexibility index (Phi) is 8.07. The van der Waals surface area contributed by atoms with Gasteiger partial charge in [-0.15, -0.1) is 0 Å². The number of nitrogens with one attached hydrogen (secondary N) is 2. The summed E-state index contributed by atoms with van der Waals surface area (Å²) in [7, 11) is 0. The summed E-state index contributed by atoms with van der Waals surface area (Å²) in [6.07, 6.45) is -6.41. The summed E-state index contributed by atoms with van der Waals surface area (Å²) in [6, 6.07) is -1.07. The molecule has 0 aromatic rings. The Bertz CT molecular complexity index is 290. The third-order valence-electron chi connectivity index (χ3n) is 3.88. The third-order valence-corrected chi connectivity index (χ3v) is 3.88. The van der Waals surface area contributed by atoms with Gasteiger partial charge in [0.15, 0.2) is 0 Å². The molecule has 0 aliphatic carbocycles. The van der Waals surface area contributed by atoms with Gasteiger partial charge in [-0.3, -0.25) is 0 Å². The minimum absolute atomic E-state index is 0.198. The Morgan fingerprint density at radius 2 is 0.909 bits per heavy atom. The molecule has 0 unspecified atom stereocenters. The lowest BCUT2D eigenvalue weighted by Gasteiger charge is -2.34. The molecule has 22 heavy (non-hydrogen) atoms. The summed E-state index contributed by atoms with van der Waals surface area (Å²) < 4.78 is 0. The van der Waals surface area contributed by atoms with Crippen LogP contribution in [-0.4, -0.2) is 116 Å².